The van der Waals surface area contributed by atoms with Gasteiger partial charge in [0.25, 0.3) is 5.91 Å². The Kier molecular flexibility index (Phi) is 5.74. The molecule has 1 N–H and O–H groups in total. The predicted molar refractivity (Wildman–Crippen MR) is 86.0 cm³/mol. The van der Waals surface area contributed by atoms with Gasteiger partial charge in [0.15, 0.2) is 12.6 Å². The Morgan fingerprint density at radius 1 is 1.04 bits per heavy atom. The highest BCUT2D eigenvalue weighted by atomic mass is 16.5. The molecule has 0 aliphatic heterocycles. The molecule has 1 amide bonds. The summed E-state index contributed by atoms with van der Waals surface area (Å²) in [6.45, 7) is 1.79. The number of carbonyl (C=O) groups excluding carboxylic acids is 2. The molecule has 120 valence electrons. The maximum Gasteiger partial charge on any atom is 0.333 e. The molecule has 0 aliphatic rings. The maximum absolute atomic E-state index is 12.0. The third-order valence-corrected chi connectivity index (χ3v) is 3.27. The average Bonchev–Trinajstić information content (AvgIpc) is 2.59. The standard InChI is InChI=1S/C18H19NO4/c1-13-8-10-15(11-9-13)23-12-16(20)19-17(18(21)22-2)14-6-4-3-5-7-14/h3-11,17H,12H2,1-2H3,(H,19,20). The summed E-state index contributed by atoms with van der Waals surface area (Å²) in [4.78, 5) is 23.9. The molecule has 0 spiro atoms. The fraction of sp³-hybridized carbons (Fsp3) is 0.222. The number of hydrogen-bond acceptors (Lipinski definition) is 4. The quantitative estimate of drug-likeness (QED) is 0.832. The van der Waals surface area contributed by atoms with E-state index in [0.29, 0.717) is 11.3 Å². The second-order valence-electron chi connectivity index (χ2n) is 5.04. The van der Waals surface area contributed by atoms with Crippen LogP contribution < -0.4 is 10.1 Å². The molecule has 0 fully saturated rings. The van der Waals surface area contributed by atoms with E-state index in [2.05, 4.69) is 5.32 Å². The third-order valence-electron chi connectivity index (χ3n) is 3.27. The van der Waals surface area contributed by atoms with Gasteiger partial charge in [-0.05, 0) is 24.6 Å². The van der Waals surface area contributed by atoms with Crippen molar-refractivity contribution in [3.63, 3.8) is 0 Å². The first kappa shape index (κ1) is 16.5. The van der Waals surface area contributed by atoms with Crippen molar-refractivity contribution in [3.05, 3.63) is 65.7 Å². The summed E-state index contributed by atoms with van der Waals surface area (Å²) in [5.41, 5.74) is 1.76. The van der Waals surface area contributed by atoms with E-state index in [0.717, 1.165) is 5.56 Å². The van der Waals surface area contributed by atoms with Gasteiger partial charge >= 0.3 is 5.97 Å². The lowest BCUT2D eigenvalue weighted by atomic mass is 10.1. The van der Waals surface area contributed by atoms with Gasteiger partial charge in [-0.25, -0.2) is 4.79 Å². The van der Waals surface area contributed by atoms with E-state index < -0.39 is 17.9 Å². The second kappa shape index (κ2) is 7.98. The van der Waals surface area contributed by atoms with Gasteiger partial charge in [-0.2, -0.15) is 0 Å². The van der Waals surface area contributed by atoms with E-state index in [1.807, 2.05) is 25.1 Å². The molecule has 0 bridgehead atoms. The van der Waals surface area contributed by atoms with Gasteiger partial charge in [0.05, 0.1) is 7.11 Å². The smallest absolute Gasteiger partial charge is 0.333 e. The number of aryl methyl sites for hydroxylation is 1. The largest absolute Gasteiger partial charge is 0.484 e. The van der Waals surface area contributed by atoms with Crippen LogP contribution in [0.2, 0.25) is 0 Å². The molecule has 2 rings (SSSR count). The number of benzene rings is 2. The number of hydrogen-bond donors (Lipinski definition) is 1. The molecule has 1 unspecified atom stereocenters. The summed E-state index contributed by atoms with van der Waals surface area (Å²) in [5.74, 6) is -0.329. The number of esters is 1. The number of amides is 1. The minimum absolute atomic E-state index is 0.177. The molecule has 5 heteroatoms. The van der Waals surface area contributed by atoms with Gasteiger partial charge in [0.1, 0.15) is 5.75 Å². The zero-order valence-corrected chi connectivity index (χ0v) is 13.1. The summed E-state index contributed by atoms with van der Waals surface area (Å²) < 4.78 is 10.2. The normalized spacial score (nSPS) is 11.4. The SMILES string of the molecule is COC(=O)C(NC(=O)COc1ccc(C)cc1)c1ccccc1. The minimum atomic E-state index is -0.852. The van der Waals surface area contributed by atoms with E-state index in [1.165, 1.54) is 7.11 Å². The number of rotatable bonds is 6. The first-order valence-corrected chi connectivity index (χ1v) is 7.22. The molecular weight excluding hydrogens is 294 g/mol. The fourth-order valence-corrected chi connectivity index (χ4v) is 2.03. The van der Waals surface area contributed by atoms with Crippen LogP contribution in [-0.4, -0.2) is 25.6 Å². The maximum atomic E-state index is 12.0. The van der Waals surface area contributed by atoms with Crippen LogP contribution in [0.3, 0.4) is 0 Å². The van der Waals surface area contributed by atoms with Crippen molar-refractivity contribution < 1.29 is 19.1 Å². The summed E-state index contributed by atoms with van der Waals surface area (Å²) in [7, 11) is 1.28. The van der Waals surface area contributed by atoms with Crippen molar-refractivity contribution in [2.45, 2.75) is 13.0 Å². The Balaban J connectivity index is 1.97. The Bertz CT molecular complexity index is 652. The summed E-state index contributed by atoms with van der Waals surface area (Å²) in [6, 6.07) is 15.4. The van der Waals surface area contributed by atoms with Gasteiger partial charge in [0, 0.05) is 0 Å². The molecule has 0 heterocycles. The topological polar surface area (TPSA) is 64.6 Å². The first-order chi connectivity index (χ1) is 11.1. The van der Waals surface area contributed by atoms with Crippen LogP contribution in [0.4, 0.5) is 0 Å². The van der Waals surface area contributed by atoms with Gasteiger partial charge in [-0.3, -0.25) is 4.79 Å². The number of nitrogens with one attached hydrogen (secondary N) is 1. The van der Waals surface area contributed by atoms with Crippen LogP contribution >= 0.6 is 0 Å². The lowest BCUT2D eigenvalue weighted by Crippen LogP contribution is -2.37. The van der Waals surface area contributed by atoms with Crippen molar-refractivity contribution in [1.29, 1.82) is 0 Å². The molecule has 0 saturated heterocycles. The van der Waals surface area contributed by atoms with Crippen molar-refractivity contribution in [2.24, 2.45) is 0 Å². The zero-order chi connectivity index (χ0) is 16.7. The Morgan fingerprint density at radius 3 is 2.30 bits per heavy atom. The average molecular weight is 313 g/mol. The lowest BCUT2D eigenvalue weighted by molar-refractivity contribution is -0.145. The Morgan fingerprint density at radius 2 is 1.70 bits per heavy atom. The van der Waals surface area contributed by atoms with Crippen LogP contribution in [0.1, 0.15) is 17.2 Å². The van der Waals surface area contributed by atoms with Gasteiger partial charge < -0.3 is 14.8 Å². The number of ether oxygens (including phenoxy) is 2. The molecule has 2 aromatic carbocycles. The molecule has 23 heavy (non-hydrogen) atoms. The van der Waals surface area contributed by atoms with Gasteiger partial charge in [-0.1, -0.05) is 48.0 Å². The van der Waals surface area contributed by atoms with Crippen molar-refractivity contribution in [3.8, 4) is 5.75 Å². The van der Waals surface area contributed by atoms with E-state index >= 15 is 0 Å². The van der Waals surface area contributed by atoms with E-state index in [-0.39, 0.29) is 6.61 Å². The monoisotopic (exact) mass is 313 g/mol. The number of carbonyl (C=O) groups is 2. The highest BCUT2D eigenvalue weighted by Gasteiger charge is 2.23. The van der Waals surface area contributed by atoms with E-state index in [4.69, 9.17) is 9.47 Å². The highest BCUT2D eigenvalue weighted by Crippen LogP contribution is 2.15. The molecule has 1 atom stereocenters. The molecule has 0 aliphatic carbocycles. The molecule has 2 aromatic rings. The fourth-order valence-electron chi connectivity index (χ4n) is 2.03. The number of methoxy groups -OCH3 is 1. The van der Waals surface area contributed by atoms with Crippen LogP contribution in [0.5, 0.6) is 5.75 Å². The van der Waals surface area contributed by atoms with Crippen LogP contribution in [0, 0.1) is 6.92 Å². The first-order valence-electron chi connectivity index (χ1n) is 7.22. The predicted octanol–water partition coefficient (Wildman–Crippen LogP) is 2.40. The highest BCUT2D eigenvalue weighted by molar-refractivity contribution is 5.86. The molecular formula is C18H19NO4. The molecule has 0 saturated carbocycles. The zero-order valence-electron chi connectivity index (χ0n) is 13.1. The van der Waals surface area contributed by atoms with Crippen LogP contribution in [0.25, 0.3) is 0 Å². The lowest BCUT2D eigenvalue weighted by Gasteiger charge is -2.17. The van der Waals surface area contributed by atoms with Gasteiger partial charge in [-0.15, -0.1) is 0 Å². The van der Waals surface area contributed by atoms with Crippen LogP contribution in [0.15, 0.2) is 54.6 Å². The van der Waals surface area contributed by atoms with Crippen molar-refractivity contribution >= 4 is 11.9 Å². The Hall–Kier alpha value is -2.82. The molecule has 5 nitrogen and oxygen atoms in total. The van der Waals surface area contributed by atoms with Crippen molar-refractivity contribution in [1.82, 2.24) is 5.32 Å². The molecule has 0 aromatic heterocycles. The van der Waals surface area contributed by atoms with E-state index in [1.54, 1.807) is 36.4 Å². The van der Waals surface area contributed by atoms with Crippen molar-refractivity contribution in [2.75, 3.05) is 13.7 Å². The summed E-state index contributed by atoms with van der Waals surface area (Å²) in [6.07, 6.45) is 0. The summed E-state index contributed by atoms with van der Waals surface area (Å²) in [5, 5.41) is 2.63. The Labute approximate surface area is 135 Å². The summed E-state index contributed by atoms with van der Waals surface area (Å²) >= 11 is 0. The third kappa shape index (κ3) is 4.85. The second-order valence-corrected chi connectivity index (χ2v) is 5.04. The minimum Gasteiger partial charge on any atom is -0.484 e. The molecule has 0 radical (unpaired) electrons. The van der Waals surface area contributed by atoms with Crippen LogP contribution in [-0.2, 0) is 14.3 Å². The van der Waals surface area contributed by atoms with Gasteiger partial charge in [0.2, 0.25) is 0 Å². The van der Waals surface area contributed by atoms with E-state index in [9.17, 15) is 9.59 Å².